The number of carbonyl (C=O) groups is 1. The summed E-state index contributed by atoms with van der Waals surface area (Å²) in [7, 11) is 1.41. The molecule has 0 aliphatic heterocycles. The standard InChI is InChI=1S/C18H26O4/c1-18(2,12-6-4-5-7-17(20)21-3)14-22-13-15-8-10-16(19)11-9-15/h6,8-12,19H,4-5,7,13-14H2,1-3H3/b12-6-. The summed E-state index contributed by atoms with van der Waals surface area (Å²) in [6.07, 6.45) is 6.33. The van der Waals surface area contributed by atoms with Crippen molar-refractivity contribution in [1.29, 1.82) is 0 Å². The predicted molar refractivity (Wildman–Crippen MR) is 86.6 cm³/mol. The number of methoxy groups -OCH3 is 1. The molecule has 0 unspecified atom stereocenters. The second-order valence-corrected chi connectivity index (χ2v) is 6.02. The van der Waals surface area contributed by atoms with Gasteiger partial charge in [-0.1, -0.05) is 38.1 Å². The first-order chi connectivity index (χ1) is 10.4. The smallest absolute Gasteiger partial charge is 0.305 e. The van der Waals surface area contributed by atoms with Gasteiger partial charge in [-0.15, -0.1) is 0 Å². The second-order valence-electron chi connectivity index (χ2n) is 6.02. The Kier molecular flexibility index (Phi) is 7.67. The van der Waals surface area contributed by atoms with Crippen molar-refractivity contribution in [2.45, 2.75) is 39.7 Å². The van der Waals surface area contributed by atoms with Gasteiger partial charge in [0.1, 0.15) is 5.75 Å². The number of rotatable bonds is 9. The Morgan fingerprint density at radius 1 is 1.27 bits per heavy atom. The lowest BCUT2D eigenvalue weighted by Gasteiger charge is -2.20. The monoisotopic (exact) mass is 306 g/mol. The molecule has 1 N–H and O–H groups in total. The van der Waals surface area contributed by atoms with Gasteiger partial charge in [0.2, 0.25) is 0 Å². The Morgan fingerprint density at radius 3 is 2.59 bits per heavy atom. The van der Waals surface area contributed by atoms with Crippen molar-refractivity contribution in [3.63, 3.8) is 0 Å². The first-order valence-corrected chi connectivity index (χ1v) is 7.53. The predicted octanol–water partition coefficient (Wildman–Crippen LogP) is 3.83. The van der Waals surface area contributed by atoms with E-state index in [1.807, 2.05) is 12.1 Å². The molecule has 1 aromatic carbocycles. The average Bonchev–Trinajstić information content (AvgIpc) is 2.48. The number of unbranched alkanes of at least 4 members (excludes halogenated alkanes) is 1. The number of esters is 1. The van der Waals surface area contributed by atoms with Crippen molar-refractivity contribution >= 4 is 5.97 Å². The van der Waals surface area contributed by atoms with E-state index in [4.69, 9.17) is 4.74 Å². The fourth-order valence-electron chi connectivity index (χ4n) is 1.94. The zero-order valence-corrected chi connectivity index (χ0v) is 13.7. The lowest BCUT2D eigenvalue weighted by Crippen LogP contribution is -2.16. The normalized spacial score (nSPS) is 11.8. The lowest BCUT2D eigenvalue weighted by molar-refractivity contribution is -0.140. The summed E-state index contributed by atoms with van der Waals surface area (Å²) in [6, 6.07) is 7.02. The highest BCUT2D eigenvalue weighted by Crippen LogP contribution is 2.19. The highest BCUT2D eigenvalue weighted by molar-refractivity contribution is 5.69. The van der Waals surface area contributed by atoms with Gasteiger partial charge < -0.3 is 14.6 Å². The minimum absolute atomic E-state index is 0.0534. The van der Waals surface area contributed by atoms with Crippen LogP contribution in [0.1, 0.15) is 38.7 Å². The van der Waals surface area contributed by atoms with Crippen LogP contribution in [0.4, 0.5) is 0 Å². The van der Waals surface area contributed by atoms with Crippen molar-refractivity contribution in [3.8, 4) is 5.75 Å². The summed E-state index contributed by atoms with van der Waals surface area (Å²) in [5.41, 5.74) is 0.984. The van der Waals surface area contributed by atoms with Crippen LogP contribution in [0.5, 0.6) is 5.75 Å². The maximum absolute atomic E-state index is 11.0. The number of carbonyl (C=O) groups excluding carboxylic acids is 1. The summed E-state index contributed by atoms with van der Waals surface area (Å²) in [6.45, 7) is 5.36. The molecule has 0 aromatic heterocycles. The van der Waals surface area contributed by atoms with E-state index in [1.54, 1.807) is 12.1 Å². The molecular weight excluding hydrogens is 280 g/mol. The molecular formula is C18H26O4. The molecule has 0 spiro atoms. The van der Waals surface area contributed by atoms with Gasteiger partial charge in [-0.25, -0.2) is 0 Å². The fourth-order valence-corrected chi connectivity index (χ4v) is 1.94. The second kappa shape index (κ2) is 9.26. The Balaban J connectivity index is 2.25. The van der Waals surface area contributed by atoms with E-state index in [0.29, 0.717) is 19.6 Å². The van der Waals surface area contributed by atoms with E-state index in [2.05, 4.69) is 30.7 Å². The molecule has 0 saturated carbocycles. The number of aromatic hydroxyl groups is 1. The van der Waals surface area contributed by atoms with Gasteiger partial charge in [-0.3, -0.25) is 4.79 Å². The number of benzene rings is 1. The van der Waals surface area contributed by atoms with E-state index >= 15 is 0 Å². The van der Waals surface area contributed by atoms with Crippen LogP contribution in [-0.4, -0.2) is 24.8 Å². The molecule has 0 aliphatic carbocycles. The molecule has 0 fully saturated rings. The molecule has 0 bridgehead atoms. The zero-order valence-electron chi connectivity index (χ0n) is 13.7. The van der Waals surface area contributed by atoms with Gasteiger partial charge in [0.25, 0.3) is 0 Å². The Hall–Kier alpha value is -1.81. The molecule has 1 rings (SSSR count). The van der Waals surface area contributed by atoms with Crippen LogP contribution in [0.25, 0.3) is 0 Å². The largest absolute Gasteiger partial charge is 0.508 e. The first-order valence-electron chi connectivity index (χ1n) is 7.53. The number of hydrogen-bond acceptors (Lipinski definition) is 4. The van der Waals surface area contributed by atoms with Crippen molar-refractivity contribution in [3.05, 3.63) is 42.0 Å². The Bertz CT molecular complexity index is 474. The highest BCUT2D eigenvalue weighted by atomic mass is 16.5. The van der Waals surface area contributed by atoms with Gasteiger partial charge in [0, 0.05) is 11.8 Å². The Morgan fingerprint density at radius 2 is 1.95 bits per heavy atom. The highest BCUT2D eigenvalue weighted by Gasteiger charge is 2.13. The minimum atomic E-state index is -0.162. The van der Waals surface area contributed by atoms with Crippen LogP contribution in [0.15, 0.2) is 36.4 Å². The van der Waals surface area contributed by atoms with Crippen molar-refractivity contribution in [1.82, 2.24) is 0 Å². The van der Waals surface area contributed by atoms with Gasteiger partial charge in [-0.05, 0) is 30.5 Å². The molecule has 0 saturated heterocycles. The Labute approximate surface area is 132 Å². The van der Waals surface area contributed by atoms with Gasteiger partial charge in [0.05, 0.1) is 20.3 Å². The molecule has 0 radical (unpaired) electrons. The average molecular weight is 306 g/mol. The third-order valence-corrected chi connectivity index (χ3v) is 3.23. The van der Waals surface area contributed by atoms with Crippen LogP contribution in [0.3, 0.4) is 0 Å². The SMILES string of the molecule is COC(=O)CCC/C=C\C(C)(C)COCc1ccc(O)cc1. The van der Waals surface area contributed by atoms with E-state index in [-0.39, 0.29) is 17.1 Å². The van der Waals surface area contributed by atoms with Crippen LogP contribution in [0.2, 0.25) is 0 Å². The van der Waals surface area contributed by atoms with Crippen LogP contribution < -0.4 is 0 Å². The maximum Gasteiger partial charge on any atom is 0.305 e. The molecule has 0 heterocycles. The quantitative estimate of drug-likeness (QED) is 0.428. The van der Waals surface area contributed by atoms with E-state index in [1.165, 1.54) is 7.11 Å². The maximum atomic E-state index is 11.0. The summed E-state index contributed by atoms with van der Waals surface area (Å²) in [5.74, 6) is 0.101. The lowest BCUT2D eigenvalue weighted by atomic mass is 9.93. The van der Waals surface area contributed by atoms with Gasteiger partial charge >= 0.3 is 5.97 Å². The summed E-state index contributed by atoms with van der Waals surface area (Å²) < 4.78 is 10.3. The molecule has 0 aliphatic rings. The molecule has 122 valence electrons. The third-order valence-electron chi connectivity index (χ3n) is 3.23. The number of ether oxygens (including phenoxy) is 2. The van der Waals surface area contributed by atoms with Crippen molar-refractivity contribution in [2.24, 2.45) is 5.41 Å². The number of phenolic OH excluding ortho intramolecular Hbond substituents is 1. The van der Waals surface area contributed by atoms with Crippen LogP contribution in [-0.2, 0) is 20.9 Å². The molecule has 1 aromatic rings. The third kappa shape index (κ3) is 7.84. The summed E-state index contributed by atoms with van der Waals surface area (Å²) >= 11 is 0. The minimum Gasteiger partial charge on any atom is -0.508 e. The molecule has 22 heavy (non-hydrogen) atoms. The summed E-state index contributed by atoms with van der Waals surface area (Å²) in [4.78, 5) is 11.0. The summed E-state index contributed by atoms with van der Waals surface area (Å²) in [5, 5.41) is 9.22. The number of phenols is 1. The van der Waals surface area contributed by atoms with Crippen LogP contribution >= 0.6 is 0 Å². The van der Waals surface area contributed by atoms with Gasteiger partial charge in [0.15, 0.2) is 0 Å². The number of hydrogen-bond donors (Lipinski definition) is 1. The van der Waals surface area contributed by atoms with Crippen molar-refractivity contribution in [2.75, 3.05) is 13.7 Å². The van der Waals surface area contributed by atoms with Gasteiger partial charge in [-0.2, -0.15) is 0 Å². The molecule has 0 atom stereocenters. The molecule has 0 amide bonds. The fraction of sp³-hybridized carbons (Fsp3) is 0.500. The molecule has 4 heteroatoms. The first kappa shape index (κ1) is 18.2. The van der Waals surface area contributed by atoms with E-state index < -0.39 is 0 Å². The molecule has 4 nitrogen and oxygen atoms in total. The zero-order chi connectivity index (χ0) is 16.4. The van der Waals surface area contributed by atoms with Crippen molar-refractivity contribution < 1.29 is 19.4 Å². The van der Waals surface area contributed by atoms with E-state index in [9.17, 15) is 9.90 Å². The number of allylic oxidation sites excluding steroid dienone is 1. The van der Waals surface area contributed by atoms with E-state index in [0.717, 1.165) is 18.4 Å². The topological polar surface area (TPSA) is 55.8 Å². The van der Waals surface area contributed by atoms with Crippen LogP contribution in [0, 0.1) is 5.41 Å².